The number of nitriles is 1. The van der Waals surface area contributed by atoms with Gasteiger partial charge in [0, 0.05) is 11.9 Å². The zero-order valence-corrected chi connectivity index (χ0v) is 24.3. The minimum atomic E-state index is -0.297. The smallest absolute Gasteiger partial charge is 0.235 e. The highest BCUT2D eigenvalue weighted by atomic mass is 32.2. The van der Waals surface area contributed by atoms with Crippen LogP contribution in [0.15, 0.2) is 23.4 Å². The van der Waals surface area contributed by atoms with E-state index in [1.165, 1.54) is 22.2 Å². The lowest BCUT2D eigenvalue weighted by molar-refractivity contribution is -0.113. The Morgan fingerprint density at radius 1 is 1.35 bits per heavy atom. The normalized spacial score (nSPS) is 16.1. The molecule has 1 aliphatic carbocycles. The van der Waals surface area contributed by atoms with E-state index in [-0.39, 0.29) is 23.2 Å². The van der Waals surface area contributed by atoms with Gasteiger partial charge in [-0.15, -0.1) is 21.5 Å². The third-order valence-corrected chi connectivity index (χ3v) is 9.47. The number of aromatic nitrogens is 3. The molecule has 0 fully saturated rings. The van der Waals surface area contributed by atoms with Gasteiger partial charge in [0.05, 0.1) is 11.3 Å². The van der Waals surface area contributed by atoms with Crippen molar-refractivity contribution in [3.05, 3.63) is 51.2 Å². The Balaban J connectivity index is 1.39. The maximum Gasteiger partial charge on any atom is 0.235 e. The van der Waals surface area contributed by atoms with Crippen molar-refractivity contribution in [3.63, 3.8) is 0 Å². The maximum absolute atomic E-state index is 12.8. The van der Waals surface area contributed by atoms with E-state index in [1.54, 1.807) is 11.3 Å². The molecule has 0 radical (unpaired) electrons. The topological polar surface area (TPSA) is 92.8 Å². The van der Waals surface area contributed by atoms with Gasteiger partial charge in [0.25, 0.3) is 0 Å². The molecule has 0 saturated heterocycles. The highest BCUT2D eigenvalue weighted by Crippen LogP contribution is 2.44. The van der Waals surface area contributed by atoms with E-state index in [2.05, 4.69) is 55.3 Å². The number of carbonyl (C=O) groups excluding carboxylic acids is 1. The molecule has 2 unspecified atom stereocenters. The summed E-state index contributed by atoms with van der Waals surface area (Å²) in [6, 6.07) is 8.33. The quantitative estimate of drug-likeness (QED) is 0.351. The Labute approximate surface area is 227 Å². The molecule has 7 nitrogen and oxygen atoms in total. The monoisotopic (exact) mass is 537 g/mol. The summed E-state index contributed by atoms with van der Waals surface area (Å²) in [6.45, 7) is 12.9. The van der Waals surface area contributed by atoms with Crippen molar-refractivity contribution in [1.82, 2.24) is 14.8 Å². The molecule has 0 aliphatic heterocycles. The van der Waals surface area contributed by atoms with Crippen molar-refractivity contribution in [2.24, 2.45) is 18.4 Å². The number of ether oxygens (including phenoxy) is 1. The lowest BCUT2D eigenvalue weighted by atomic mass is 9.72. The number of fused-ring (bicyclic) bond motifs is 1. The number of hydrogen-bond donors (Lipinski definition) is 1. The van der Waals surface area contributed by atoms with Gasteiger partial charge in [-0.1, -0.05) is 44.7 Å². The second-order valence-electron chi connectivity index (χ2n) is 10.8. The summed E-state index contributed by atoms with van der Waals surface area (Å²) < 4.78 is 8.03. The average molecular weight is 538 g/mol. The zero-order chi connectivity index (χ0) is 26.9. The van der Waals surface area contributed by atoms with Crippen molar-refractivity contribution >= 4 is 34.0 Å². The van der Waals surface area contributed by atoms with Gasteiger partial charge in [-0.3, -0.25) is 4.79 Å². The van der Waals surface area contributed by atoms with Crippen molar-refractivity contribution in [2.75, 3.05) is 11.1 Å². The number of thioether (sulfide) groups is 1. The van der Waals surface area contributed by atoms with Crippen molar-refractivity contribution < 1.29 is 9.53 Å². The molecule has 0 bridgehead atoms. The fourth-order valence-corrected chi connectivity index (χ4v) is 6.74. The van der Waals surface area contributed by atoms with Gasteiger partial charge in [-0.05, 0) is 74.1 Å². The van der Waals surface area contributed by atoms with Crippen molar-refractivity contribution in [2.45, 2.75) is 72.1 Å². The van der Waals surface area contributed by atoms with Crippen molar-refractivity contribution in [3.8, 4) is 11.8 Å². The lowest BCUT2D eigenvalue weighted by Gasteiger charge is -2.33. The molecule has 0 saturated carbocycles. The second kappa shape index (κ2) is 10.9. The molecule has 1 aromatic carbocycles. The summed E-state index contributed by atoms with van der Waals surface area (Å²) in [6.07, 6.45) is 2.64. The summed E-state index contributed by atoms with van der Waals surface area (Å²) in [5.41, 5.74) is 4.25. The Morgan fingerprint density at radius 2 is 2.11 bits per heavy atom. The van der Waals surface area contributed by atoms with Crippen LogP contribution in [0.2, 0.25) is 0 Å². The Bertz CT molecular complexity index is 1350. The van der Waals surface area contributed by atoms with Crippen LogP contribution in [0, 0.1) is 36.5 Å². The van der Waals surface area contributed by atoms with Crippen LogP contribution in [-0.2, 0) is 24.7 Å². The first-order chi connectivity index (χ1) is 17.5. The third-order valence-electron chi connectivity index (χ3n) is 7.28. The number of aryl methyl sites for hydroxylation is 1. The van der Waals surface area contributed by atoms with Crippen LogP contribution in [0.5, 0.6) is 5.75 Å². The van der Waals surface area contributed by atoms with Crippen LogP contribution < -0.4 is 10.1 Å². The van der Waals surface area contributed by atoms with Crippen LogP contribution in [0.4, 0.5) is 5.00 Å². The number of nitrogens with one attached hydrogen (secondary N) is 1. The molecule has 2 aromatic heterocycles. The molecule has 1 aliphatic rings. The van der Waals surface area contributed by atoms with E-state index in [0.717, 1.165) is 36.1 Å². The molecule has 9 heteroatoms. The first kappa shape index (κ1) is 27.2. The van der Waals surface area contributed by atoms with Gasteiger partial charge in [0.1, 0.15) is 16.8 Å². The summed E-state index contributed by atoms with van der Waals surface area (Å²) in [7, 11) is 1.88. The number of hydrogen-bond acceptors (Lipinski definition) is 7. The van der Waals surface area contributed by atoms with E-state index in [4.69, 9.17) is 4.74 Å². The number of amides is 1. The molecule has 4 rings (SSSR count). The van der Waals surface area contributed by atoms with Crippen molar-refractivity contribution in [1.29, 1.82) is 5.26 Å². The molecule has 3 aromatic rings. The summed E-state index contributed by atoms with van der Waals surface area (Å²) >= 11 is 2.88. The molecule has 196 valence electrons. The van der Waals surface area contributed by atoms with Crippen LogP contribution in [0.3, 0.4) is 0 Å². The van der Waals surface area contributed by atoms with E-state index >= 15 is 0 Å². The minimum Gasteiger partial charge on any atom is -0.482 e. The zero-order valence-electron chi connectivity index (χ0n) is 22.6. The van der Waals surface area contributed by atoms with Crippen LogP contribution in [0.25, 0.3) is 0 Å². The van der Waals surface area contributed by atoms with E-state index in [1.807, 2.05) is 37.6 Å². The highest BCUT2D eigenvalue weighted by Gasteiger charge is 2.32. The summed E-state index contributed by atoms with van der Waals surface area (Å²) in [5, 5.41) is 22.7. The SMILES string of the molecule is Cc1cccc(OC(C)c2nnc(SCC(=O)Nc3sc4c(c3C#N)CCC(C(C)(C)C)C4)n2C)c1C. The Hall–Kier alpha value is -2.83. The lowest BCUT2D eigenvalue weighted by Crippen LogP contribution is -2.26. The van der Waals surface area contributed by atoms with Gasteiger partial charge in [0.2, 0.25) is 5.91 Å². The van der Waals surface area contributed by atoms with Gasteiger partial charge in [-0.25, -0.2) is 0 Å². The number of thiophene rings is 1. The van der Waals surface area contributed by atoms with Gasteiger partial charge in [0.15, 0.2) is 17.1 Å². The molecule has 2 heterocycles. The molecule has 2 atom stereocenters. The number of carbonyl (C=O) groups is 1. The predicted molar refractivity (Wildman–Crippen MR) is 149 cm³/mol. The summed E-state index contributed by atoms with van der Waals surface area (Å²) in [5.74, 6) is 2.11. The number of benzene rings is 1. The Kier molecular flexibility index (Phi) is 8.00. The molecule has 37 heavy (non-hydrogen) atoms. The highest BCUT2D eigenvalue weighted by molar-refractivity contribution is 7.99. The first-order valence-electron chi connectivity index (χ1n) is 12.6. The standard InChI is InChI=1S/C28H35N5O2S2/c1-16-9-8-10-22(17(16)2)35-18(3)25-31-32-27(33(25)7)36-15-24(34)30-26-21(14-29)20-12-11-19(28(4,5)6)13-23(20)37-26/h8-10,18-19H,11-13,15H2,1-7H3,(H,30,34). The van der Waals surface area contributed by atoms with Gasteiger partial charge in [-0.2, -0.15) is 5.26 Å². The van der Waals surface area contributed by atoms with E-state index < -0.39 is 0 Å². The van der Waals surface area contributed by atoms with E-state index in [9.17, 15) is 10.1 Å². The van der Waals surface area contributed by atoms with Crippen LogP contribution in [-0.4, -0.2) is 26.4 Å². The molecule has 0 spiro atoms. The van der Waals surface area contributed by atoms with Crippen LogP contribution in [0.1, 0.15) is 73.2 Å². The Morgan fingerprint density at radius 3 is 2.81 bits per heavy atom. The van der Waals surface area contributed by atoms with Crippen LogP contribution >= 0.6 is 23.1 Å². The largest absolute Gasteiger partial charge is 0.482 e. The predicted octanol–water partition coefficient (Wildman–Crippen LogP) is 6.39. The number of nitrogens with zero attached hydrogens (tertiary/aromatic N) is 4. The number of anilines is 1. The molecule has 1 amide bonds. The average Bonchev–Trinajstić information content (AvgIpc) is 3.38. The third kappa shape index (κ3) is 5.86. The maximum atomic E-state index is 12.8. The van der Waals surface area contributed by atoms with Gasteiger partial charge < -0.3 is 14.6 Å². The fourth-order valence-electron chi connectivity index (χ4n) is 4.73. The minimum absolute atomic E-state index is 0.156. The fraction of sp³-hybridized carbons (Fsp3) is 0.500. The van der Waals surface area contributed by atoms with E-state index in [0.29, 0.717) is 27.5 Å². The van der Waals surface area contributed by atoms with Gasteiger partial charge >= 0.3 is 0 Å². The summed E-state index contributed by atoms with van der Waals surface area (Å²) in [4.78, 5) is 14.1. The molecular formula is C28H35N5O2S2. The second-order valence-corrected chi connectivity index (χ2v) is 12.9. The molecule has 1 N–H and O–H groups in total. The first-order valence-corrected chi connectivity index (χ1v) is 14.4. The number of rotatable bonds is 7. The molecular weight excluding hydrogens is 502 g/mol.